The molecule has 0 unspecified atom stereocenters. The third-order valence-corrected chi connectivity index (χ3v) is 3.45. The number of anilines is 2. The van der Waals surface area contributed by atoms with Gasteiger partial charge >= 0.3 is 0 Å². The van der Waals surface area contributed by atoms with Crippen LogP contribution in [0.15, 0.2) is 31.1 Å². The molecule has 0 saturated heterocycles. The fourth-order valence-corrected chi connectivity index (χ4v) is 2.56. The van der Waals surface area contributed by atoms with Gasteiger partial charge in [0.05, 0.1) is 18.1 Å². The fourth-order valence-electron chi connectivity index (χ4n) is 2.56. The zero-order chi connectivity index (χ0) is 12.2. The molecular weight excluding hydrogens is 226 g/mol. The molecular formula is C13H17N5. The monoisotopic (exact) mass is 243 g/mol. The van der Waals surface area contributed by atoms with Crippen LogP contribution in [0, 0.1) is 0 Å². The number of hydrogen-bond acceptors (Lipinski definition) is 4. The maximum atomic E-state index is 4.38. The van der Waals surface area contributed by atoms with Gasteiger partial charge in [0.1, 0.15) is 6.33 Å². The highest BCUT2D eigenvalue weighted by atomic mass is 15.2. The molecule has 18 heavy (non-hydrogen) atoms. The fraction of sp³-hybridized carbons (Fsp3) is 0.462. The van der Waals surface area contributed by atoms with Gasteiger partial charge in [0, 0.05) is 18.4 Å². The molecule has 0 spiro atoms. The first kappa shape index (κ1) is 11.2. The molecule has 2 heterocycles. The van der Waals surface area contributed by atoms with E-state index in [1.807, 2.05) is 6.20 Å². The predicted molar refractivity (Wildman–Crippen MR) is 69.7 cm³/mol. The highest BCUT2D eigenvalue weighted by Crippen LogP contribution is 2.30. The average Bonchev–Trinajstić information content (AvgIpc) is 2.89. The van der Waals surface area contributed by atoms with Crippen molar-refractivity contribution in [3.63, 3.8) is 0 Å². The highest BCUT2D eigenvalue weighted by molar-refractivity contribution is 5.50. The molecule has 0 radical (unpaired) electrons. The molecule has 0 aliphatic heterocycles. The van der Waals surface area contributed by atoms with Crippen LogP contribution in [-0.2, 0) is 0 Å². The summed E-state index contributed by atoms with van der Waals surface area (Å²) in [6.45, 7) is 0. The number of aromatic nitrogens is 4. The number of hydrogen-bond donors (Lipinski definition) is 1. The van der Waals surface area contributed by atoms with Crippen LogP contribution in [-0.4, -0.2) is 19.5 Å². The molecule has 1 N–H and O–H groups in total. The van der Waals surface area contributed by atoms with Crippen molar-refractivity contribution < 1.29 is 0 Å². The number of nitrogens with one attached hydrogen (secondary N) is 1. The van der Waals surface area contributed by atoms with Crippen molar-refractivity contribution >= 4 is 11.6 Å². The van der Waals surface area contributed by atoms with Crippen LogP contribution in [0.2, 0.25) is 0 Å². The minimum absolute atomic E-state index is 0.577. The van der Waals surface area contributed by atoms with Crippen molar-refractivity contribution in [2.75, 3.05) is 5.32 Å². The molecule has 1 aliphatic carbocycles. The molecule has 5 heteroatoms. The Morgan fingerprint density at radius 2 is 1.89 bits per heavy atom. The molecule has 1 saturated carbocycles. The Labute approximate surface area is 106 Å². The van der Waals surface area contributed by atoms with E-state index < -0.39 is 0 Å². The van der Waals surface area contributed by atoms with Crippen LogP contribution in [0.3, 0.4) is 0 Å². The van der Waals surface area contributed by atoms with Crippen molar-refractivity contribution in [3.8, 4) is 0 Å². The lowest BCUT2D eigenvalue weighted by molar-refractivity contribution is 0.356. The van der Waals surface area contributed by atoms with Crippen LogP contribution in [0.5, 0.6) is 0 Å². The first-order valence-electron chi connectivity index (χ1n) is 6.48. The van der Waals surface area contributed by atoms with Crippen LogP contribution < -0.4 is 5.32 Å². The van der Waals surface area contributed by atoms with Gasteiger partial charge in [0.25, 0.3) is 0 Å². The molecule has 1 aliphatic rings. The van der Waals surface area contributed by atoms with Crippen LogP contribution in [0.4, 0.5) is 11.6 Å². The quantitative estimate of drug-likeness (QED) is 0.900. The topological polar surface area (TPSA) is 55.6 Å². The Hall–Kier alpha value is -1.91. The lowest BCUT2D eigenvalue weighted by Crippen LogP contribution is -2.14. The standard InChI is InChI=1S/C13H17N5/c1-2-4-12(5-3-1)18-7-6-16-13(18)17-11-8-14-10-15-9-11/h6-10,12H,1-5H2,(H,16,17). The normalized spacial score (nSPS) is 16.7. The minimum Gasteiger partial charge on any atom is -0.323 e. The maximum absolute atomic E-state index is 4.38. The summed E-state index contributed by atoms with van der Waals surface area (Å²) in [4.78, 5) is 12.4. The lowest BCUT2D eigenvalue weighted by atomic mass is 9.95. The maximum Gasteiger partial charge on any atom is 0.207 e. The van der Waals surface area contributed by atoms with E-state index in [1.165, 1.54) is 38.4 Å². The third-order valence-electron chi connectivity index (χ3n) is 3.45. The highest BCUT2D eigenvalue weighted by Gasteiger charge is 2.17. The molecule has 5 nitrogen and oxygen atoms in total. The van der Waals surface area contributed by atoms with Gasteiger partial charge in [-0.1, -0.05) is 19.3 Å². The lowest BCUT2D eigenvalue weighted by Gasteiger charge is -2.24. The number of nitrogens with zero attached hydrogens (tertiary/aromatic N) is 4. The molecule has 0 amide bonds. The Bertz CT molecular complexity index is 487. The number of rotatable bonds is 3. The van der Waals surface area contributed by atoms with E-state index in [4.69, 9.17) is 0 Å². The summed E-state index contributed by atoms with van der Waals surface area (Å²) in [6.07, 6.45) is 15.4. The molecule has 94 valence electrons. The zero-order valence-electron chi connectivity index (χ0n) is 10.3. The van der Waals surface area contributed by atoms with Crippen LogP contribution in [0.1, 0.15) is 38.1 Å². The van der Waals surface area contributed by atoms with Crippen molar-refractivity contribution in [1.29, 1.82) is 0 Å². The Kier molecular flexibility index (Phi) is 3.21. The molecule has 0 atom stereocenters. The first-order chi connectivity index (χ1) is 8.93. The van der Waals surface area contributed by atoms with E-state index in [0.717, 1.165) is 11.6 Å². The van der Waals surface area contributed by atoms with Gasteiger partial charge < -0.3 is 9.88 Å². The van der Waals surface area contributed by atoms with Gasteiger partial charge in [-0.05, 0) is 12.8 Å². The first-order valence-corrected chi connectivity index (χ1v) is 6.48. The van der Waals surface area contributed by atoms with Gasteiger partial charge in [-0.15, -0.1) is 0 Å². The third kappa shape index (κ3) is 2.34. The predicted octanol–water partition coefficient (Wildman–Crippen LogP) is 2.92. The van der Waals surface area contributed by atoms with Crippen molar-refractivity contribution in [1.82, 2.24) is 19.5 Å². The van der Waals surface area contributed by atoms with Crippen LogP contribution >= 0.6 is 0 Å². The largest absolute Gasteiger partial charge is 0.323 e. The van der Waals surface area contributed by atoms with Gasteiger partial charge in [-0.2, -0.15) is 0 Å². The SMILES string of the molecule is c1ncc(Nc2nccn2C2CCCCC2)cn1. The summed E-state index contributed by atoms with van der Waals surface area (Å²) in [5.41, 5.74) is 0.876. The van der Waals surface area contributed by atoms with Gasteiger partial charge in [0.15, 0.2) is 0 Å². The molecule has 1 fully saturated rings. The average molecular weight is 243 g/mol. The van der Waals surface area contributed by atoms with Gasteiger partial charge in [-0.25, -0.2) is 15.0 Å². The van der Waals surface area contributed by atoms with E-state index in [-0.39, 0.29) is 0 Å². The Balaban J connectivity index is 1.78. The van der Waals surface area contributed by atoms with Crippen LogP contribution in [0.25, 0.3) is 0 Å². The summed E-state index contributed by atoms with van der Waals surface area (Å²) in [6, 6.07) is 0.577. The molecule has 3 rings (SSSR count). The van der Waals surface area contributed by atoms with E-state index in [0.29, 0.717) is 6.04 Å². The zero-order valence-corrected chi connectivity index (χ0v) is 10.3. The molecule has 2 aromatic heterocycles. The Morgan fingerprint density at radius 3 is 2.67 bits per heavy atom. The van der Waals surface area contributed by atoms with E-state index in [9.17, 15) is 0 Å². The number of imidazole rings is 1. The van der Waals surface area contributed by atoms with Crippen molar-refractivity contribution in [2.45, 2.75) is 38.1 Å². The van der Waals surface area contributed by atoms with E-state index >= 15 is 0 Å². The summed E-state index contributed by atoms with van der Waals surface area (Å²) in [7, 11) is 0. The minimum atomic E-state index is 0.577. The van der Waals surface area contributed by atoms with Gasteiger partial charge in [0.2, 0.25) is 5.95 Å². The summed E-state index contributed by atoms with van der Waals surface area (Å²) in [5, 5.41) is 3.28. The summed E-state index contributed by atoms with van der Waals surface area (Å²) >= 11 is 0. The van der Waals surface area contributed by atoms with Crippen molar-refractivity contribution in [2.24, 2.45) is 0 Å². The molecule has 0 aromatic carbocycles. The molecule has 0 bridgehead atoms. The summed E-state index contributed by atoms with van der Waals surface area (Å²) < 4.78 is 2.24. The second kappa shape index (κ2) is 5.16. The Morgan fingerprint density at radius 1 is 1.11 bits per heavy atom. The van der Waals surface area contributed by atoms with E-state index in [2.05, 4.69) is 31.0 Å². The van der Waals surface area contributed by atoms with Gasteiger partial charge in [-0.3, -0.25) is 0 Å². The second-order valence-corrected chi connectivity index (χ2v) is 4.70. The smallest absolute Gasteiger partial charge is 0.207 e. The van der Waals surface area contributed by atoms with E-state index in [1.54, 1.807) is 12.4 Å². The summed E-state index contributed by atoms with van der Waals surface area (Å²) in [5.74, 6) is 0.886. The van der Waals surface area contributed by atoms with Crippen molar-refractivity contribution in [3.05, 3.63) is 31.1 Å². The molecule has 2 aromatic rings. The second-order valence-electron chi connectivity index (χ2n) is 4.70.